The second kappa shape index (κ2) is 10.7. The number of aromatic hydroxyl groups is 1. The van der Waals surface area contributed by atoms with Crippen LogP contribution in [0.2, 0.25) is 0 Å². The Morgan fingerprint density at radius 2 is 1.63 bits per heavy atom. The zero-order valence-corrected chi connectivity index (χ0v) is 19.3. The Balaban J connectivity index is 0.000000308. The predicted octanol–water partition coefficient (Wildman–Crippen LogP) is 1.01. The average Bonchev–Trinajstić information content (AvgIpc) is 3.28. The van der Waals surface area contributed by atoms with Crippen LogP contribution in [0.1, 0.15) is 16.1 Å². The first-order valence-electron chi connectivity index (χ1n) is 11.3. The largest absolute Gasteiger partial charge is 0.503 e. The molecule has 4 heterocycles. The number of phenolic OH excluding ortho intramolecular Hbond substituents is 1. The molecule has 0 atom stereocenters. The molecular formula is C23H27F2N7O3. The van der Waals surface area contributed by atoms with Crippen molar-refractivity contribution in [2.45, 2.75) is 6.92 Å². The van der Waals surface area contributed by atoms with Crippen LogP contribution in [0.3, 0.4) is 0 Å². The molecule has 0 radical (unpaired) electrons. The van der Waals surface area contributed by atoms with E-state index in [1.807, 2.05) is 0 Å². The lowest BCUT2D eigenvalue weighted by Crippen LogP contribution is -2.46. The summed E-state index contributed by atoms with van der Waals surface area (Å²) >= 11 is 0. The Bertz CT molecular complexity index is 1200. The van der Waals surface area contributed by atoms with Gasteiger partial charge in [0, 0.05) is 63.6 Å². The highest BCUT2D eigenvalue weighted by molar-refractivity contribution is 6.07. The fourth-order valence-electron chi connectivity index (χ4n) is 4.03. The number of carbonyl (C=O) groups is 2. The fourth-order valence-corrected chi connectivity index (χ4v) is 4.03. The number of fused-ring (bicyclic) bond motifs is 1. The Labute approximate surface area is 200 Å². The number of halogens is 2. The van der Waals surface area contributed by atoms with E-state index in [-0.39, 0.29) is 22.8 Å². The molecular weight excluding hydrogens is 460 g/mol. The van der Waals surface area contributed by atoms with Crippen LogP contribution >= 0.6 is 0 Å². The SMILES string of the molecule is Cc1[nH]nc2nc(-c3cc(F)c(O)c(F)c3)cc(C(=O)N3CCNCC3)c12.O=CN1CCNCC1. The lowest BCUT2D eigenvalue weighted by atomic mass is 10.0. The molecule has 2 aliphatic heterocycles. The Morgan fingerprint density at radius 1 is 1.03 bits per heavy atom. The minimum absolute atomic E-state index is 0.111. The highest BCUT2D eigenvalue weighted by Gasteiger charge is 2.24. The molecule has 0 spiro atoms. The zero-order valence-electron chi connectivity index (χ0n) is 19.3. The zero-order chi connectivity index (χ0) is 24.9. The summed E-state index contributed by atoms with van der Waals surface area (Å²) in [5, 5.41) is 23.1. The van der Waals surface area contributed by atoms with Crippen LogP contribution in [0, 0.1) is 18.6 Å². The molecule has 0 aliphatic carbocycles. The summed E-state index contributed by atoms with van der Waals surface area (Å²) in [6.45, 7) is 7.93. The van der Waals surface area contributed by atoms with Gasteiger partial charge < -0.3 is 25.5 Å². The van der Waals surface area contributed by atoms with Crippen LogP contribution < -0.4 is 10.6 Å². The highest BCUT2D eigenvalue weighted by atomic mass is 19.1. The molecule has 10 nitrogen and oxygen atoms in total. The van der Waals surface area contributed by atoms with E-state index in [1.165, 1.54) is 6.07 Å². The van der Waals surface area contributed by atoms with Crippen LogP contribution in [0.4, 0.5) is 8.78 Å². The molecule has 0 unspecified atom stereocenters. The van der Waals surface area contributed by atoms with E-state index in [4.69, 9.17) is 0 Å². The van der Waals surface area contributed by atoms with Crippen molar-refractivity contribution >= 4 is 23.4 Å². The molecule has 35 heavy (non-hydrogen) atoms. The number of carbonyl (C=O) groups excluding carboxylic acids is 2. The van der Waals surface area contributed by atoms with Gasteiger partial charge in [-0.1, -0.05) is 0 Å². The Hall–Kier alpha value is -3.64. The molecule has 5 rings (SSSR count). The second-order valence-electron chi connectivity index (χ2n) is 8.32. The standard InChI is InChI=1S/C18H17F2N5O2.C5H10N2O/c1-9-15-11(18(27)25-4-2-21-3-5-25)8-14(22-17(15)24-23-9)10-6-12(19)16(26)13(20)7-10;8-5-7-3-1-6-2-4-7/h6-8,21,26H,2-5H2,1H3,(H,22,23,24);5-6H,1-4H2. The third-order valence-electron chi connectivity index (χ3n) is 5.95. The number of nitrogens with one attached hydrogen (secondary N) is 3. The first-order chi connectivity index (χ1) is 16.9. The normalized spacial score (nSPS) is 16.1. The van der Waals surface area contributed by atoms with E-state index in [9.17, 15) is 23.5 Å². The summed E-state index contributed by atoms with van der Waals surface area (Å²) in [7, 11) is 0. The summed E-state index contributed by atoms with van der Waals surface area (Å²) in [4.78, 5) is 31.0. The van der Waals surface area contributed by atoms with Gasteiger partial charge in [0.1, 0.15) is 0 Å². The lowest BCUT2D eigenvalue weighted by molar-refractivity contribution is -0.118. The number of amides is 2. The Kier molecular flexibility index (Phi) is 7.51. The number of aryl methyl sites for hydroxylation is 1. The minimum Gasteiger partial charge on any atom is -0.503 e. The van der Waals surface area contributed by atoms with E-state index in [0.29, 0.717) is 42.8 Å². The van der Waals surface area contributed by atoms with E-state index >= 15 is 0 Å². The topological polar surface area (TPSA) is 126 Å². The van der Waals surface area contributed by atoms with Gasteiger partial charge in [0.2, 0.25) is 6.41 Å². The fraction of sp³-hybridized carbons (Fsp3) is 0.391. The molecule has 3 aromatic rings. The van der Waals surface area contributed by atoms with Crippen LogP contribution in [0.25, 0.3) is 22.3 Å². The summed E-state index contributed by atoms with van der Waals surface area (Å²) in [6, 6.07) is 3.47. The van der Waals surface area contributed by atoms with Gasteiger partial charge in [-0.2, -0.15) is 5.10 Å². The van der Waals surface area contributed by atoms with Gasteiger partial charge in [-0.25, -0.2) is 13.8 Å². The van der Waals surface area contributed by atoms with Crippen molar-refractivity contribution in [3.63, 3.8) is 0 Å². The number of H-pyrrole nitrogens is 1. The van der Waals surface area contributed by atoms with Gasteiger partial charge in [-0.05, 0) is 25.1 Å². The predicted molar refractivity (Wildman–Crippen MR) is 125 cm³/mol. The summed E-state index contributed by atoms with van der Waals surface area (Å²) in [5.74, 6) is -3.43. The molecule has 4 N–H and O–H groups in total. The summed E-state index contributed by atoms with van der Waals surface area (Å²) < 4.78 is 27.5. The first-order valence-corrected chi connectivity index (χ1v) is 11.3. The van der Waals surface area contributed by atoms with Crippen LogP contribution in [-0.4, -0.2) is 94.8 Å². The maximum atomic E-state index is 13.8. The van der Waals surface area contributed by atoms with Crippen LogP contribution in [0.15, 0.2) is 18.2 Å². The molecule has 186 valence electrons. The quantitative estimate of drug-likeness (QED) is 0.406. The number of aromatic amines is 1. The maximum absolute atomic E-state index is 13.8. The summed E-state index contributed by atoms with van der Waals surface area (Å²) in [6.07, 6.45) is 0.904. The van der Waals surface area contributed by atoms with Crippen molar-refractivity contribution in [1.82, 2.24) is 35.6 Å². The monoisotopic (exact) mass is 487 g/mol. The molecule has 0 saturated carbocycles. The third kappa shape index (κ3) is 5.38. The molecule has 2 aromatic heterocycles. The number of aromatic nitrogens is 3. The number of benzene rings is 1. The number of hydrogen-bond donors (Lipinski definition) is 4. The van der Waals surface area contributed by atoms with E-state index < -0.39 is 17.4 Å². The number of piperazine rings is 2. The third-order valence-corrected chi connectivity index (χ3v) is 5.95. The van der Waals surface area contributed by atoms with Crippen LogP contribution in [0.5, 0.6) is 5.75 Å². The first kappa shape index (κ1) is 24.5. The number of hydrogen-bond acceptors (Lipinski definition) is 7. The van der Waals surface area contributed by atoms with E-state index in [2.05, 4.69) is 25.8 Å². The van der Waals surface area contributed by atoms with Gasteiger partial charge in [0.25, 0.3) is 5.91 Å². The molecule has 2 amide bonds. The van der Waals surface area contributed by atoms with Crippen molar-refractivity contribution in [3.05, 3.63) is 41.1 Å². The van der Waals surface area contributed by atoms with Crippen molar-refractivity contribution in [2.75, 3.05) is 52.4 Å². The Morgan fingerprint density at radius 3 is 2.20 bits per heavy atom. The van der Waals surface area contributed by atoms with Crippen molar-refractivity contribution in [3.8, 4) is 17.0 Å². The lowest BCUT2D eigenvalue weighted by Gasteiger charge is -2.27. The minimum atomic E-state index is -1.10. The molecule has 0 bridgehead atoms. The van der Waals surface area contributed by atoms with E-state index in [1.54, 1.807) is 16.7 Å². The molecule has 2 fully saturated rings. The van der Waals surface area contributed by atoms with Crippen molar-refractivity contribution in [2.24, 2.45) is 0 Å². The van der Waals surface area contributed by atoms with Gasteiger partial charge in [-0.15, -0.1) is 0 Å². The molecule has 1 aromatic carbocycles. The molecule has 12 heteroatoms. The molecule has 2 saturated heterocycles. The van der Waals surface area contributed by atoms with Gasteiger partial charge in [-0.3, -0.25) is 14.7 Å². The average molecular weight is 488 g/mol. The number of nitrogens with zero attached hydrogens (tertiary/aromatic N) is 4. The van der Waals surface area contributed by atoms with Crippen molar-refractivity contribution in [1.29, 1.82) is 0 Å². The van der Waals surface area contributed by atoms with Gasteiger partial charge >= 0.3 is 0 Å². The highest BCUT2D eigenvalue weighted by Crippen LogP contribution is 2.30. The van der Waals surface area contributed by atoms with Crippen LogP contribution in [-0.2, 0) is 4.79 Å². The van der Waals surface area contributed by atoms with E-state index in [0.717, 1.165) is 44.7 Å². The smallest absolute Gasteiger partial charge is 0.254 e. The van der Waals surface area contributed by atoms with Gasteiger partial charge in [0.15, 0.2) is 23.0 Å². The summed E-state index contributed by atoms with van der Waals surface area (Å²) in [5.41, 5.74) is 1.66. The number of pyridine rings is 1. The number of rotatable bonds is 3. The second-order valence-corrected chi connectivity index (χ2v) is 8.32. The van der Waals surface area contributed by atoms with Crippen molar-refractivity contribution < 1.29 is 23.5 Å². The maximum Gasteiger partial charge on any atom is 0.254 e. The number of phenols is 1. The van der Waals surface area contributed by atoms with Gasteiger partial charge in [0.05, 0.1) is 16.6 Å². The molecule has 2 aliphatic rings.